The van der Waals surface area contributed by atoms with Gasteiger partial charge in [-0.25, -0.2) is 0 Å². The van der Waals surface area contributed by atoms with Gasteiger partial charge in [0.05, 0.1) is 0 Å². The van der Waals surface area contributed by atoms with Crippen LogP contribution in [-0.4, -0.2) is 12.3 Å². The Kier molecular flexibility index (Phi) is 3.83. The Balaban J connectivity index is 2.41. The summed E-state index contributed by atoms with van der Waals surface area (Å²) in [6, 6.07) is 4.26. The van der Waals surface area contributed by atoms with E-state index >= 15 is 0 Å². The molecule has 1 aromatic rings. The molecule has 1 atom stereocenters. The van der Waals surface area contributed by atoms with Crippen LogP contribution in [0, 0.1) is 0 Å². The highest BCUT2D eigenvalue weighted by Gasteiger charge is 2.22. The Bertz CT molecular complexity index is 368. The number of benzene rings is 1. The third kappa shape index (κ3) is 2.44. The van der Waals surface area contributed by atoms with Crippen LogP contribution < -0.4 is 5.32 Å². The van der Waals surface area contributed by atoms with E-state index < -0.39 is 0 Å². The molecule has 0 fully saturated rings. The standard InChI is InChI=1S/C11H13Cl2NS/c1-2-14-11-6-15-5-9-8(11)3-7(12)4-10(9)13/h3-4,11,14H,2,5-6H2,1H3. The molecule has 0 amide bonds. The third-order valence-electron chi connectivity index (χ3n) is 2.55. The lowest BCUT2D eigenvalue weighted by Crippen LogP contribution is -2.26. The quantitative estimate of drug-likeness (QED) is 0.867. The molecule has 82 valence electrons. The second-order valence-corrected chi connectivity index (χ2v) is 5.45. The summed E-state index contributed by atoms with van der Waals surface area (Å²) in [7, 11) is 0. The number of fused-ring (bicyclic) bond motifs is 1. The first-order chi connectivity index (χ1) is 7.22. The van der Waals surface area contributed by atoms with Crippen molar-refractivity contribution in [2.45, 2.75) is 18.7 Å². The molecule has 1 aliphatic heterocycles. The van der Waals surface area contributed by atoms with Gasteiger partial charge in [-0.2, -0.15) is 11.8 Å². The summed E-state index contributed by atoms with van der Waals surface area (Å²) in [5, 5.41) is 4.99. The van der Waals surface area contributed by atoms with Gasteiger partial charge in [-0.05, 0) is 29.8 Å². The molecular weight excluding hydrogens is 249 g/mol. The maximum Gasteiger partial charge on any atom is 0.0464 e. The fraction of sp³-hybridized carbons (Fsp3) is 0.455. The van der Waals surface area contributed by atoms with Crippen molar-refractivity contribution < 1.29 is 0 Å². The van der Waals surface area contributed by atoms with Gasteiger partial charge in [0.2, 0.25) is 0 Å². The summed E-state index contributed by atoms with van der Waals surface area (Å²) in [5.41, 5.74) is 2.51. The Morgan fingerprint density at radius 3 is 3.00 bits per heavy atom. The minimum absolute atomic E-state index is 0.389. The van der Waals surface area contributed by atoms with Crippen molar-refractivity contribution in [1.29, 1.82) is 0 Å². The second-order valence-electron chi connectivity index (χ2n) is 3.58. The fourth-order valence-electron chi connectivity index (χ4n) is 1.87. The van der Waals surface area contributed by atoms with Crippen LogP contribution in [-0.2, 0) is 5.75 Å². The summed E-state index contributed by atoms with van der Waals surface area (Å²) >= 11 is 14.1. The van der Waals surface area contributed by atoms with Crippen LogP contribution >= 0.6 is 35.0 Å². The molecule has 4 heteroatoms. The number of hydrogen-bond acceptors (Lipinski definition) is 2. The van der Waals surface area contributed by atoms with E-state index in [9.17, 15) is 0 Å². The molecule has 1 nitrogen and oxygen atoms in total. The first-order valence-electron chi connectivity index (χ1n) is 5.01. The highest BCUT2D eigenvalue weighted by Crippen LogP contribution is 2.37. The predicted molar refractivity (Wildman–Crippen MR) is 69.0 cm³/mol. The summed E-state index contributed by atoms with van der Waals surface area (Å²) in [6.45, 7) is 3.08. The highest BCUT2D eigenvalue weighted by atomic mass is 35.5. The number of hydrogen-bond donors (Lipinski definition) is 1. The molecule has 1 heterocycles. The first kappa shape index (κ1) is 11.6. The lowest BCUT2D eigenvalue weighted by molar-refractivity contribution is 0.598. The topological polar surface area (TPSA) is 12.0 Å². The lowest BCUT2D eigenvalue weighted by atomic mass is 10.0. The average molecular weight is 262 g/mol. The average Bonchev–Trinajstić information content (AvgIpc) is 2.19. The van der Waals surface area contributed by atoms with Crippen LogP contribution in [0.4, 0.5) is 0 Å². The van der Waals surface area contributed by atoms with Crippen molar-refractivity contribution in [3.63, 3.8) is 0 Å². The van der Waals surface area contributed by atoms with E-state index in [2.05, 4.69) is 12.2 Å². The smallest absolute Gasteiger partial charge is 0.0464 e. The largest absolute Gasteiger partial charge is 0.309 e. The predicted octanol–water partition coefficient (Wildman–Crippen LogP) is 3.89. The Morgan fingerprint density at radius 2 is 2.27 bits per heavy atom. The van der Waals surface area contributed by atoms with Crippen molar-refractivity contribution in [3.8, 4) is 0 Å². The highest BCUT2D eigenvalue weighted by molar-refractivity contribution is 7.98. The van der Waals surface area contributed by atoms with Gasteiger partial charge in [0.15, 0.2) is 0 Å². The van der Waals surface area contributed by atoms with Gasteiger partial charge >= 0.3 is 0 Å². The summed E-state index contributed by atoms with van der Waals surface area (Å²) in [4.78, 5) is 0. The van der Waals surface area contributed by atoms with E-state index in [4.69, 9.17) is 23.2 Å². The number of halogens is 2. The fourth-order valence-corrected chi connectivity index (χ4v) is 3.70. The maximum atomic E-state index is 6.19. The van der Waals surface area contributed by atoms with E-state index in [1.54, 1.807) is 0 Å². The van der Waals surface area contributed by atoms with Gasteiger partial charge < -0.3 is 5.32 Å². The Morgan fingerprint density at radius 1 is 1.47 bits per heavy atom. The molecule has 0 spiro atoms. The molecule has 0 bridgehead atoms. The van der Waals surface area contributed by atoms with Gasteiger partial charge in [0.25, 0.3) is 0 Å². The molecule has 15 heavy (non-hydrogen) atoms. The van der Waals surface area contributed by atoms with Crippen LogP contribution in [0.15, 0.2) is 12.1 Å². The summed E-state index contributed by atoms with van der Waals surface area (Å²) in [6.07, 6.45) is 0. The molecule has 0 aromatic heterocycles. The van der Waals surface area contributed by atoms with Gasteiger partial charge in [-0.15, -0.1) is 0 Å². The number of nitrogens with one attached hydrogen (secondary N) is 1. The van der Waals surface area contributed by atoms with Crippen molar-refractivity contribution in [1.82, 2.24) is 5.32 Å². The molecule has 1 unspecified atom stereocenters. The summed E-state index contributed by atoms with van der Waals surface area (Å²) < 4.78 is 0. The molecule has 0 saturated heterocycles. The minimum atomic E-state index is 0.389. The van der Waals surface area contributed by atoms with E-state index in [0.29, 0.717) is 6.04 Å². The number of thioether (sulfide) groups is 1. The Hall–Kier alpha value is 0.110. The zero-order chi connectivity index (χ0) is 10.8. The van der Waals surface area contributed by atoms with Gasteiger partial charge in [0, 0.05) is 27.6 Å². The Labute approximate surface area is 105 Å². The van der Waals surface area contributed by atoms with E-state index in [1.165, 1.54) is 11.1 Å². The molecule has 0 radical (unpaired) electrons. The molecule has 1 aliphatic rings. The molecule has 1 N–H and O–H groups in total. The monoisotopic (exact) mass is 261 g/mol. The van der Waals surface area contributed by atoms with Crippen LogP contribution in [0.25, 0.3) is 0 Å². The summed E-state index contributed by atoms with van der Waals surface area (Å²) in [5.74, 6) is 2.09. The molecule has 0 saturated carbocycles. The zero-order valence-electron chi connectivity index (χ0n) is 8.52. The third-order valence-corrected chi connectivity index (χ3v) is 4.17. The number of rotatable bonds is 2. The van der Waals surface area contributed by atoms with Crippen LogP contribution in [0.5, 0.6) is 0 Å². The normalized spacial score (nSPS) is 20.1. The van der Waals surface area contributed by atoms with E-state index in [-0.39, 0.29) is 0 Å². The molecule has 0 aliphatic carbocycles. The molecule has 2 rings (SSSR count). The second kappa shape index (κ2) is 4.96. The zero-order valence-corrected chi connectivity index (χ0v) is 10.8. The van der Waals surface area contributed by atoms with Crippen LogP contribution in [0.2, 0.25) is 10.0 Å². The van der Waals surface area contributed by atoms with Crippen molar-refractivity contribution in [3.05, 3.63) is 33.3 Å². The van der Waals surface area contributed by atoms with Gasteiger partial charge in [-0.3, -0.25) is 0 Å². The maximum absolute atomic E-state index is 6.19. The van der Waals surface area contributed by atoms with Crippen LogP contribution in [0.1, 0.15) is 24.1 Å². The van der Waals surface area contributed by atoms with E-state index in [1.807, 2.05) is 23.9 Å². The minimum Gasteiger partial charge on any atom is -0.309 e. The van der Waals surface area contributed by atoms with Crippen LogP contribution in [0.3, 0.4) is 0 Å². The van der Waals surface area contributed by atoms with Crippen molar-refractivity contribution in [2.24, 2.45) is 0 Å². The SMILES string of the molecule is CCNC1CSCc2c(Cl)cc(Cl)cc21. The van der Waals surface area contributed by atoms with Crippen molar-refractivity contribution in [2.75, 3.05) is 12.3 Å². The van der Waals surface area contributed by atoms with Crippen molar-refractivity contribution >= 4 is 35.0 Å². The first-order valence-corrected chi connectivity index (χ1v) is 6.92. The van der Waals surface area contributed by atoms with Gasteiger partial charge in [0.1, 0.15) is 0 Å². The molecular formula is C11H13Cl2NS. The van der Waals surface area contributed by atoms with E-state index in [0.717, 1.165) is 28.1 Å². The van der Waals surface area contributed by atoms with Gasteiger partial charge in [-0.1, -0.05) is 30.1 Å². The molecule has 1 aromatic carbocycles. The lowest BCUT2D eigenvalue weighted by Gasteiger charge is -2.26.